The summed E-state index contributed by atoms with van der Waals surface area (Å²) >= 11 is 0. The molecule has 18 nitrogen and oxygen atoms in total. The number of oxime groups is 1. The van der Waals surface area contributed by atoms with Gasteiger partial charge in [-0.05, 0) is 313 Å². The summed E-state index contributed by atoms with van der Waals surface area (Å²) in [5, 5.41) is 36.6. The highest BCUT2D eigenvalue weighted by atomic mass is 32.2. The van der Waals surface area contributed by atoms with Crippen molar-refractivity contribution in [2.24, 2.45) is 10.9 Å². The average Bonchev–Trinajstić information content (AvgIpc) is 1.68. The molecule has 0 radical (unpaired) electrons. The van der Waals surface area contributed by atoms with Gasteiger partial charge in [-0.3, -0.25) is 0 Å². The minimum Gasteiger partial charge on any atom is -0.411 e. The number of sulfonamides is 1. The van der Waals surface area contributed by atoms with Crippen molar-refractivity contribution in [3.05, 3.63) is 358 Å². The van der Waals surface area contributed by atoms with E-state index in [4.69, 9.17) is 16.0 Å². The Morgan fingerprint density at radius 2 is 0.577 bits per heavy atom. The van der Waals surface area contributed by atoms with Crippen molar-refractivity contribution in [1.82, 2.24) is 52.1 Å². The van der Waals surface area contributed by atoms with Crippen LogP contribution < -0.4 is 10.5 Å². The molecule has 0 bridgehead atoms. The van der Waals surface area contributed by atoms with Crippen LogP contribution in [-0.4, -0.2) is 188 Å². The number of nitrogens with two attached hydrogens (primary N) is 1. The lowest BCUT2D eigenvalue weighted by Crippen LogP contribution is -2.35. The molecule has 0 spiro atoms. The third kappa shape index (κ3) is 27.6. The first kappa shape index (κ1) is 98.7. The van der Waals surface area contributed by atoms with Gasteiger partial charge in [0.15, 0.2) is 0 Å². The van der Waals surface area contributed by atoms with Crippen LogP contribution in [0.3, 0.4) is 0 Å². The molecule has 0 saturated carbocycles. The predicted molar refractivity (Wildman–Crippen MR) is 544 cm³/mol. The van der Waals surface area contributed by atoms with Crippen LogP contribution in [0.1, 0.15) is 156 Å². The Kier molecular flexibility index (Phi) is 34.8. The molecule has 5 saturated heterocycles. The number of hydrogen-bond donors (Lipinski definition) is 5. The molecule has 5 aliphatic heterocycles. The van der Waals surface area contributed by atoms with Gasteiger partial charge in [0.25, 0.3) is 0 Å². The first-order valence-corrected chi connectivity index (χ1v) is 51.0. The van der Waals surface area contributed by atoms with Crippen LogP contribution in [0.25, 0.3) is 54.5 Å². The van der Waals surface area contributed by atoms with Crippen LogP contribution in [0.2, 0.25) is 0 Å². The molecule has 20 rings (SSSR count). The van der Waals surface area contributed by atoms with Gasteiger partial charge in [0.05, 0.1) is 19.1 Å². The Labute approximate surface area is 803 Å². The molecule has 0 unspecified atom stereocenters. The first-order valence-electron chi connectivity index (χ1n) is 49.1. The first-order chi connectivity index (χ1) is 66.8. The van der Waals surface area contributed by atoms with E-state index in [-0.39, 0.29) is 42.3 Å². The summed E-state index contributed by atoms with van der Waals surface area (Å²) < 4.78 is 102. The summed E-state index contributed by atoms with van der Waals surface area (Å²) in [5.74, 6) is -0.854. The number of benzene rings is 10. The number of aryl methyl sites for hydroxylation is 1. The Balaban J connectivity index is 0.000000124. The van der Waals surface area contributed by atoms with Gasteiger partial charge in [0.2, 0.25) is 10.0 Å². The molecule has 0 atom stereocenters. The van der Waals surface area contributed by atoms with Crippen LogP contribution in [-0.2, 0) is 68.2 Å². The maximum atomic E-state index is 13.0. The van der Waals surface area contributed by atoms with Gasteiger partial charge in [-0.25, -0.2) is 35.1 Å². The zero-order valence-corrected chi connectivity index (χ0v) is 79.7. The zero-order valence-electron chi connectivity index (χ0n) is 78.9. The molecule has 10 aromatic carbocycles. The summed E-state index contributed by atoms with van der Waals surface area (Å²) in [7, 11) is -3.21. The second kappa shape index (κ2) is 48.3. The van der Waals surface area contributed by atoms with E-state index >= 15 is 0 Å². The minimum absolute atomic E-state index is 0.0863. The van der Waals surface area contributed by atoms with E-state index in [2.05, 4.69) is 191 Å². The van der Waals surface area contributed by atoms with Crippen molar-refractivity contribution >= 4 is 70.8 Å². The van der Waals surface area contributed by atoms with E-state index in [1.165, 1.54) is 138 Å². The van der Waals surface area contributed by atoms with E-state index in [0.717, 1.165) is 217 Å². The number of aliphatic hydroxyl groups excluding tert-OH is 2. The Morgan fingerprint density at radius 1 is 0.328 bits per heavy atom. The molecule has 5 aliphatic rings. The molecule has 5 fully saturated rings. The van der Waals surface area contributed by atoms with Crippen molar-refractivity contribution in [3.63, 3.8) is 0 Å². The largest absolute Gasteiger partial charge is 0.411 e. The van der Waals surface area contributed by atoms with Gasteiger partial charge < -0.3 is 68.5 Å². The third-order valence-electron chi connectivity index (χ3n) is 28.6. The maximum Gasteiger partial charge on any atom is 0.209 e. The van der Waals surface area contributed by atoms with Crippen LogP contribution in [0.5, 0.6) is 0 Å². The third-order valence-corrected chi connectivity index (χ3v) is 29.3. The number of hydrogen-bond acceptors (Lipinski definition) is 12. The second-order valence-corrected chi connectivity index (χ2v) is 39.6. The predicted octanol–water partition coefficient (Wildman–Crippen LogP) is 21.0. The van der Waals surface area contributed by atoms with Gasteiger partial charge in [-0.15, -0.1) is 0 Å². The summed E-state index contributed by atoms with van der Waals surface area (Å²) in [4.78, 5) is 12.5. The van der Waals surface area contributed by atoms with Crippen molar-refractivity contribution in [2.75, 3.05) is 111 Å². The van der Waals surface area contributed by atoms with Gasteiger partial charge in [0, 0.05) is 207 Å². The Bertz CT molecular complexity index is 6310. The summed E-state index contributed by atoms with van der Waals surface area (Å²) in [6.07, 6.45) is 31.5. The van der Waals surface area contributed by atoms with E-state index in [1.807, 2.05) is 78.9 Å². The molecule has 24 heteroatoms. The molecule has 720 valence electrons. The molecule has 10 heterocycles. The van der Waals surface area contributed by atoms with Crippen molar-refractivity contribution in [3.8, 4) is 0 Å². The summed E-state index contributed by atoms with van der Waals surface area (Å²) in [6, 6.07) is 79.3. The topological polar surface area (TPSA) is 186 Å². The minimum atomic E-state index is -3.21. The van der Waals surface area contributed by atoms with Gasteiger partial charge in [0.1, 0.15) is 29.1 Å². The second-order valence-electron chi connectivity index (χ2n) is 37.8. The number of likely N-dealkylation sites (tertiary alicyclic amines) is 5. The van der Waals surface area contributed by atoms with Gasteiger partial charge in [-0.1, -0.05) is 126 Å². The Morgan fingerprint density at radius 3 is 0.854 bits per heavy atom. The number of aromatic nitrogens is 5. The molecule has 15 aromatic rings. The number of fused-ring (bicyclic) bond motifs is 5. The fourth-order valence-corrected chi connectivity index (χ4v) is 20.9. The average molecular weight is 1880 g/mol. The lowest BCUT2D eigenvalue weighted by Gasteiger charge is -2.33. The number of nitrogens with one attached hydrogen (secondary N) is 1. The van der Waals surface area contributed by atoms with Crippen LogP contribution >= 0.6 is 0 Å². The normalized spacial score (nSPS) is 16.3. The van der Waals surface area contributed by atoms with Crippen LogP contribution in [0, 0.1) is 29.1 Å². The SMILES string of the molecule is CS(=O)(=O)NCc1ccc2ccn(C3CCN(CCc4ccc(F)cc4)CC3)c2c1.NCc1ccc2ccn(C3CCN(CCc4ccc(F)cc4)CC3)c2c1.O/N=C/c1ccc2ccn(C3CCN(CCc4ccc(F)cc4)CC3)c2c1.OCCCc1ccc2ccn(C3CCN(CCc4ccc(F)cc4)CC3)c2c1.OCc1ccc2ccn(C3CCN(CCc4ccc(F)cc4)CC3)c2c1. The lowest BCUT2D eigenvalue weighted by molar-refractivity contribution is 0.190. The van der Waals surface area contributed by atoms with E-state index in [0.29, 0.717) is 43.3 Å². The standard InChI is InChI=1S/C24H29FN2O.C23H28FN3O2S.C22H24FN3O.C22H26FN3.C22H25FN2O/c25-22-7-4-19(5-8-22)9-13-26-14-11-23(12-15-26)27-16-10-21-6-3-20(2-1-17-28)18-24(21)27;1-30(28,29)25-17-19-2-5-20-9-15-27(23(20)16-19)22-10-13-26(14-11-22)12-8-18-3-6-21(24)7-4-18;23-20-5-2-17(3-6-20)7-11-25-12-9-21(10-13-25)26-14-8-19-4-1-18(16-24-27)15-22(19)26;23-20-5-2-17(3-6-20)7-11-25-12-9-21(10-13-25)26-14-8-19-4-1-18(16-24)15-22(19)26;23-20-5-2-17(3-6-20)7-11-24-12-9-21(10-13-24)25-14-8-19-4-1-18(16-26)15-22(19)25/h3-8,10,16,18,23,28H,1-2,9,11-15,17H2;2-7,9,15-16,22,25H,8,10-14,17H2,1H3;1-6,8,14-16,21,27H,7,9-13H2;1-6,8,14-15,21H,7,9-13,16,24H2;1-6,8,14-15,21,26H,7,9-13,16H2/b;;24-16+;;. The fourth-order valence-electron chi connectivity index (χ4n) is 20.5. The van der Waals surface area contributed by atoms with Crippen molar-refractivity contribution in [2.45, 2.75) is 159 Å². The Hall–Kier alpha value is -11.4. The molecule has 137 heavy (non-hydrogen) atoms. The molecule has 6 N–H and O–H groups in total. The summed E-state index contributed by atoms with van der Waals surface area (Å²) in [5.41, 5.74) is 23.3. The lowest BCUT2D eigenvalue weighted by atomic mass is 10.0. The van der Waals surface area contributed by atoms with Gasteiger partial charge >= 0.3 is 0 Å². The van der Waals surface area contributed by atoms with E-state index < -0.39 is 10.0 Å². The number of nitrogens with zero attached hydrogens (tertiary/aromatic N) is 11. The molecule has 5 aromatic heterocycles. The fraction of sp³-hybridized carbons (Fsp3) is 0.372. The molecular formula is C113H132F5N13O5S. The number of halogens is 5. The van der Waals surface area contributed by atoms with Gasteiger partial charge in [-0.2, -0.15) is 0 Å². The smallest absolute Gasteiger partial charge is 0.209 e. The highest BCUT2D eigenvalue weighted by molar-refractivity contribution is 7.88. The van der Waals surface area contributed by atoms with Crippen LogP contribution in [0.15, 0.2) is 279 Å². The number of aliphatic hydroxyl groups is 2. The van der Waals surface area contributed by atoms with Crippen LogP contribution in [0.4, 0.5) is 22.0 Å². The van der Waals surface area contributed by atoms with E-state index in [1.54, 1.807) is 36.4 Å². The maximum absolute atomic E-state index is 13.0. The molecule has 0 amide bonds. The monoisotopic (exact) mass is 1880 g/mol. The molecular weight excluding hydrogens is 1750 g/mol. The van der Waals surface area contributed by atoms with Crippen molar-refractivity contribution < 1.29 is 45.8 Å². The quantitative estimate of drug-likeness (QED) is 0.0130. The molecule has 0 aliphatic carbocycles. The summed E-state index contributed by atoms with van der Waals surface area (Å²) in [6.45, 7) is 17.2. The zero-order chi connectivity index (χ0) is 95.0. The highest BCUT2D eigenvalue weighted by Crippen LogP contribution is 2.36. The number of rotatable bonds is 29. The highest BCUT2D eigenvalue weighted by Gasteiger charge is 2.28. The number of piperidine rings is 5. The van der Waals surface area contributed by atoms with Crippen molar-refractivity contribution in [1.29, 1.82) is 0 Å². The van der Waals surface area contributed by atoms with E-state index in [9.17, 15) is 35.5 Å².